The van der Waals surface area contributed by atoms with Crippen molar-refractivity contribution >= 4 is 17.0 Å². The molecule has 0 radical (unpaired) electrons. The molecule has 3 aromatic rings. The summed E-state index contributed by atoms with van der Waals surface area (Å²) in [5, 5.41) is 3.50. The smallest absolute Gasteiger partial charge is 0.408 e. The Morgan fingerprint density at radius 3 is 2.74 bits per heavy atom. The van der Waals surface area contributed by atoms with Gasteiger partial charge in [0.15, 0.2) is 5.58 Å². The molecular formula is C21H23N3O3. The van der Waals surface area contributed by atoms with E-state index in [1.807, 2.05) is 11.0 Å². The Kier molecular flexibility index (Phi) is 4.81. The van der Waals surface area contributed by atoms with Crippen molar-refractivity contribution in [2.75, 3.05) is 19.6 Å². The number of amides is 1. The number of aromatic nitrogens is 1. The molecule has 140 valence electrons. The van der Waals surface area contributed by atoms with Crippen LogP contribution in [0.5, 0.6) is 0 Å². The van der Waals surface area contributed by atoms with Gasteiger partial charge in [-0.15, -0.1) is 0 Å². The molecule has 1 amide bonds. The molecule has 1 aromatic heterocycles. The lowest BCUT2D eigenvalue weighted by Crippen LogP contribution is -2.48. The van der Waals surface area contributed by atoms with Crippen LogP contribution < -0.4 is 11.1 Å². The van der Waals surface area contributed by atoms with E-state index in [-0.39, 0.29) is 11.9 Å². The highest BCUT2D eigenvalue weighted by molar-refractivity contribution is 5.81. The monoisotopic (exact) mass is 365 g/mol. The van der Waals surface area contributed by atoms with E-state index in [2.05, 4.69) is 41.5 Å². The average Bonchev–Trinajstić information content (AvgIpc) is 3.07. The predicted molar refractivity (Wildman–Crippen MR) is 104 cm³/mol. The molecule has 0 bridgehead atoms. The third-order valence-electron chi connectivity index (χ3n) is 5.16. The standard InChI is InChI=1S/C21H23N3O3/c1-2-14-3-6-16(7-4-14)18-13-24(10-9-22-18)20(25)12-15-5-8-19-17(11-15)23-21(26)27-19/h3-8,11,18,22H,2,9-10,12-13H2,1H3,(H,23,26). The Bertz CT molecular complexity index is 1000. The Morgan fingerprint density at radius 1 is 1.19 bits per heavy atom. The highest BCUT2D eigenvalue weighted by Gasteiger charge is 2.24. The van der Waals surface area contributed by atoms with E-state index in [1.54, 1.807) is 12.1 Å². The molecule has 1 fully saturated rings. The number of aryl methyl sites for hydroxylation is 1. The number of benzene rings is 2. The number of H-pyrrole nitrogens is 1. The van der Waals surface area contributed by atoms with Gasteiger partial charge in [-0.2, -0.15) is 0 Å². The molecule has 2 aromatic carbocycles. The predicted octanol–water partition coefficient (Wildman–Crippen LogP) is 2.40. The number of rotatable bonds is 4. The fourth-order valence-corrected chi connectivity index (χ4v) is 3.58. The van der Waals surface area contributed by atoms with E-state index in [4.69, 9.17) is 4.42 Å². The first kappa shape index (κ1) is 17.5. The van der Waals surface area contributed by atoms with Crippen molar-refractivity contribution in [2.45, 2.75) is 25.8 Å². The highest BCUT2D eigenvalue weighted by atomic mass is 16.4. The molecule has 6 heteroatoms. The zero-order valence-corrected chi connectivity index (χ0v) is 15.3. The fourth-order valence-electron chi connectivity index (χ4n) is 3.58. The minimum atomic E-state index is -0.479. The van der Waals surface area contributed by atoms with Gasteiger partial charge in [0.1, 0.15) is 0 Å². The Labute approximate surface area is 157 Å². The summed E-state index contributed by atoms with van der Waals surface area (Å²) in [6.45, 7) is 4.28. The number of hydrogen-bond donors (Lipinski definition) is 2. The van der Waals surface area contributed by atoms with E-state index >= 15 is 0 Å². The zero-order chi connectivity index (χ0) is 18.8. The Morgan fingerprint density at radius 2 is 1.96 bits per heavy atom. The van der Waals surface area contributed by atoms with Crippen molar-refractivity contribution in [3.05, 3.63) is 69.7 Å². The highest BCUT2D eigenvalue weighted by Crippen LogP contribution is 2.20. The molecule has 1 aliphatic rings. The van der Waals surface area contributed by atoms with Crippen molar-refractivity contribution in [1.29, 1.82) is 0 Å². The lowest BCUT2D eigenvalue weighted by Gasteiger charge is -2.34. The van der Waals surface area contributed by atoms with Gasteiger partial charge >= 0.3 is 5.76 Å². The molecule has 27 heavy (non-hydrogen) atoms. The summed E-state index contributed by atoms with van der Waals surface area (Å²) in [4.78, 5) is 28.6. The summed E-state index contributed by atoms with van der Waals surface area (Å²) in [6.07, 6.45) is 1.33. The second kappa shape index (κ2) is 7.40. The van der Waals surface area contributed by atoms with Crippen LogP contribution in [0.15, 0.2) is 51.7 Å². The maximum Gasteiger partial charge on any atom is 0.417 e. The summed E-state index contributed by atoms with van der Waals surface area (Å²) >= 11 is 0. The summed E-state index contributed by atoms with van der Waals surface area (Å²) in [6, 6.07) is 14.1. The molecule has 1 unspecified atom stereocenters. The van der Waals surface area contributed by atoms with Crippen LogP contribution in [0.4, 0.5) is 0 Å². The Hall–Kier alpha value is -2.86. The number of carbonyl (C=O) groups excluding carboxylic acids is 1. The van der Waals surface area contributed by atoms with Crippen molar-refractivity contribution in [2.24, 2.45) is 0 Å². The molecule has 1 atom stereocenters. The molecule has 2 N–H and O–H groups in total. The number of oxazole rings is 1. The lowest BCUT2D eigenvalue weighted by molar-refractivity contribution is -0.131. The SMILES string of the molecule is CCc1ccc(C2CN(C(=O)Cc3ccc4oc(=O)[nH]c4c3)CCN2)cc1. The number of aromatic amines is 1. The number of nitrogens with zero attached hydrogens (tertiary/aromatic N) is 1. The van der Waals surface area contributed by atoms with E-state index in [9.17, 15) is 9.59 Å². The van der Waals surface area contributed by atoms with Crippen LogP contribution in [0.3, 0.4) is 0 Å². The third-order valence-corrected chi connectivity index (χ3v) is 5.16. The van der Waals surface area contributed by atoms with E-state index < -0.39 is 5.76 Å². The first-order valence-corrected chi connectivity index (χ1v) is 9.34. The largest absolute Gasteiger partial charge is 0.417 e. The van der Waals surface area contributed by atoms with Gasteiger partial charge in [0.25, 0.3) is 0 Å². The van der Waals surface area contributed by atoms with Crippen LogP contribution >= 0.6 is 0 Å². The minimum Gasteiger partial charge on any atom is -0.408 e. The zero-order valence-electron chi connectivity index (χ0n) is 15.3. The molecule has 4 rings (SSSR count). The maximum absolute atomic E-state index is 12.8. The molecule has 0 spiro atoms. The second-order valence-corrected chi connectivity index (χ2v) is 6.96. The summed E-state index contributed by atoms with van der Waals surface area (Å²) in [5.74, 6) is -0.385. The van der Waals surface area contributed by atoms with Gasteiger partial charge in [0.05, 0.1) is 11.9 Å². The van der Waals surface area contributed by atoms with Crippen LogP contribution in [0.2, 0.25) is 0 Å². The van der Waals surface area contributed by atoms with E-state index in [0.717, 1.165) is 18.5 Å². The summed E-state index contributed by atoms with van der Waals surface area (Å²) < 4.78 is 5.01. The first-order chi connectivity index (χ1) is 13.1. The molecule has 2 heterocycles. The second-order valence-electron chi connectivity index (χ2n) is 6.96. The van der Waals surface area contributed by atoms with Crippen LogP contribution in [-0.4, -0.2) is 35.4 Å². The van der Waals surface area contributed by atoms with Gasteiger partial charge < -0.3 is 14.6 Å². The van der Waals surface area contributed by atoms with E-state index in [1.165, 1.54) is 11.1 Å². The topological polar surface area (TPSA) is 78.3 Å². The van der Waals surface area contributed by atoms with Crippen LogP contribution in [0.1, 0.15) is 29.7 Å². The lowest BCUT2D eigenvalue weighted by atomic mass is 10.0. The number of carbonyl (C=O) groups is 1. The van der Waals surface area contributed by atoms with Gasteiger partial charge in [-0.3, -0.25) is 9.78 Å². The van der Waals surface area contributed by atoms with E-state index in [0.29, 0.717) is 30.6 Å². The summed E-state index contributed by atoms with van der Waals surface area (Å²) in [7, 11) is 0. The van der Waals surface area contributed by atoms with Crippen LogP contribution in [0.25, 0.3) is 11.1 Å². The van der Waals surface area contributed by atoms with Crippen molar-refractivity contribution in [3.8, 4) is 0 Å². The molecular weight excluding hydrogens is 342 g/mol. The normalized spacial score (nSPS) is 17.4. The summed E-state index contributed by atoms with van der Waals surface area (Å²) in [5.41, 5.74) is 4.53. The van der Waals surface area contributed by atoms with Crippen molar-refractivity contribution < 1.29 is 9.21 Å². The minimum absolute atomic E-state index is 0.0943. The quantitative estimate of drug-likeness (QED) is 0.744. The molecule has 6 nitrogen and oxygen atoms in total. The van der Waals surface area contributed by atoms with Crippen LogP contribution in [-0.2, 0) is 17.6 Å². The van der Waals surface area contributed by atoms with Crippen molar-refractivity contribution in [3.63, 3.8) is 0 Å². The molecule has 1 saturated heterocycles. The molecule has 0 saturated carbocycles. The van der Waals surface area contributed by atoms with Crippen molar-refractivity contribution in [1.82, 2.24) is 15.2 Å². The molecule has 1 aliphatic heterocycles. The Balaban J connectivity index is 1.44. The molecule has 0 aliphatic carbocycles. The van der Waals surface area contributed by atoms with Gasteiger partial charge in [-0.25, -0.2) is 4.79 Å². The number of nitrogens with one attached hydrogen (secondary N) is 2. The third kappa shape index (κ3) is 3.80. The van der Waals surface area contributed by atoms with Gasteiger partial charge in [0.2, 0.25) is 5.91 Å². The fraction of sp³-hybridized carbons (Fsp3) is 0.333. The van der Waals surface area contributed by atoms with Crippen LogP contribution in [0, 0.1) is 0 Å². The van der Waals surface area contributed by atoms with Gasteiger partial charge in [-0.1, -0.05) is 37.3 Å². The number of hydrogen-bond acceptors (Lipinski definition) is 4. The van der Waals surface area contributed by atoms with Gasteiger partial charge in [-0.05, 0) is 35.2 Å². The number of fused-ring (bicyclic) bond motifs is 1. The van der Waals surface area contributed by atoms with Gasteiger partial charge in [0, 0.05) is 25.7 Å². The average molecular weight is 365 g/mol. The maximum atomic E-state index is 12.8. The first-order valence-electron chi connectivity index (χ1n) is 9.34. The number of piperazine rings is 1.